The summed E-state index contributed by atoms with van der Waals surface area (Å²) in [5.41, 5.74) is -2.45. The number of aryl methyl sites for hydroxylation is 2. The van der Waals surface area contributed by atoms with Gasteiger partial charge >= 0.3 is 6.18 Å². The predicted molar refractivity (Wildman–Crippen MR) is 131 cm³/mol. The van der Waals surface area contributed by atoms with E-state index in [0.717, 1.165) is 26.0 Å². The minimum atomic E-state index is -4.90. The monoisotopic (exact) mass is 516 g/mol. The molecular weight excluding hydrogens is 492 g/mol. The third-order valence-electron chi connectivity index (χ3n) is 6.82. The summed E-state index contributed by atoms with van der Waals surface area (Å²) in [4.78, 5) is 31.8. The van der Waals surface area contributed by atoms with Crippen molar-refractivity contribution in [3.05, 3.63) is 75.4 Å². The fraction of sp³-hybridized carbons (Fsp3) is 0.308. The number of amides is 1. The van der Waals surface area contributed by atoms with Gasteiger partial charge in [0.05, 0.1) is 12.2 Å². The van der Waals surface area contributed by atoms with Crippen LogP contribution in [0, 0.1) is 12.7 Å². The minimum Gasteiger partial charge on any atom is -0.457 e. The number of H-pyrrole nitrogens is 1. The first-order valence-corrected chi connectivity index (χ1v) is 11.4. The van der Waals surface area contributed by atoms with E-state index in [9.17, 15) is 27.2 Å². The molecule has 7 nitrogen and oxygen atoms in total. The van der Waals surface area contributed by atoms with Gasteiger partial charge in [-0.05, 0) is 50.7 Å². The molecule has 0 fully saturated rings. The lowest BCUT2D eigenvalue weighted by Crippen LogP contribution is -2.57. The van der Waals surface area contributed by atoms with Gasteiger partial charge in [0, 0.05) is 42.9 Å². The average molecular weight is 516 g/mol. The summed E-state index contributed by atoms with van der Waals surface area (Å²) < 4.78 is 65.5. The number of pyridine rings is 1. The second-order valence-corrected chi connectivity index (χ2v) is 9.87. The van der Waals surface area contributed by atoms with Crippen LogP contribution < -0.4 is 15.2 Å². The van der Waals surface area contributed by atoms with E-state index >= 15 is 0 Å². The molecule has 0 radical (unpaired) electrons. The van der Waals surface area contributed by atoms with Crippen molar-refractivity contribution in [3.8, 4) is 5.75 Å². The van der Waals surface area contributed by atoms with E-state index in [0.29, 0.717) is 27.2 Å². The molecule has 11 heteroatoms. The van der Waals surface area contributed by atoms with Gasteiger partial charge in [0.25, 0.3) is 11.5 Å². The number of aromatic nitrogens is 2. The molecule has 3 aromatic rings. The van der Waals surface area contributed by atoms with Gasteiger partial charge in [0.1, 0.15) is 28.3 Å². The number of nitrogens with zero attached hydrogens (tertiary/aromatic N) is 3. The number of alkyl halides is 3. The number of likely N-dealkylation sites (N-methyl/N-ethyl adjacent to an activating group) is 1. The van der Waals surface area contributed by atoms with Crippen molar-refractivity contribution in [2.24, 2.45) is 7.05 Å². The quantitative estimate of drug-likeness (QED) is 0.469. The van der Waals surface area contributed by atoms with E-state index in [2.05, 4.69) is 4.98 Å². The summed E-state index contributed by atoms with van der Waals surface area (Å²) in [5.74, 6) is -1.62. The number of benzene rings is 1. The fourth-order valence-electron chi connectivity index (χ4n) is 4.70. The van der Waals surface area contributed by atoms with Gasteiger partial charge in [0.2, 0.25) is 0 Å². The molecule has 1 aromatic carbocycles. The number of rotatable bonds is 1. The number of anilines is 1. The highest BCUT2D eigenvalue weighted by Crippen LogP contribution is 2.45. The lowest BCUT2D eigenvalue weighted by atomic mass is 9.98. The number of halogens is 4. The molecule has 2 aromatic heterocycles. The molecule has 2 bridgehead atoms. The number of allylic oxidation sites excluding steroid dienone is 2. The van der Waals surface area contributed by atoms with E-state index < -0.39 is 29.0 Å². The van der Waals surface area contributed by atoms with Crippen LogP contribution >= 0.6 is 0 Å². The van der Waals surface area contributed by atoms with Crippen LogP contribution in [0.4, 0.5) is 23.2 Å². The van der Waals surface area contributed by atoms with Crippen molar-refractivity contribution in [1.29, 1.82) is 0 Å². The van der Waals surface area contributed by atoms with Crippen molar-refractivity contribution in [1.82, 2.24) is 14.5 Å². The molecular formula is C26H24F4N4O3. The fourth-order valence-corrected chi connectivity index (χ4v) is 4.70. The van der Waals surface area contributed by atoms with Gasteiger partial charge in [-0.25, -0.2) is 4.39 Å². The van der Waals surface area contributed by atoms with Gasteiger partial charge in [0.15, 0.2) is 5.75 Å². The van der Waals surface area contributed by atoms with Crippen LogP contribution in [0.1, 0.15) is 35.5 Å². The normalized spacial score (nSPS) is 16.2. The Kier molecular flexibility index (Phi) is 5.33. The maximum Gasteiger partial charge on any atom is 0.411 e. The second kappa shape index (κ2) is 7.99. The Hall–Kier alpha value is -4.02. The van der Waals surface area contributed by atoms with Gasteiger partial charge in [-0.1, -0.05) is 0 Å². The molecule has 2 aliphatic rings. The molecule has 0 aliphatic carbocycles. The lowest BCUT2D eigenvalue weighted by Gasteiger charge is -2.40. The summed E-state index contributed by atoms with van der Waals surface area (Å²) in [6, 6.07) is 3.36. The van der Waals surface area contributed by atoms with Crippen LogP contribution in [-0.4, -0.2) is 45.7 Å². The topological polar surface area (TPSA) is 70.6 Å². The zero-order chi connectivity index (χ0) is 27.0. The van der Waals surface area contributed by atoms with Gasteiger partial charge < -0.3 is 19.2 Å². The Morgan fingerprint density at radius 1 is 1.08 bits per heavy atom. The van der Waals surface area contributed by atoms with E-state index in [4.69, 9.17) is 4.74 Å². The van der Waals surface area contributed by atoms with Crippen LogP contribution in [0.2, 0.25) is 0 Å². The smallest absolute Gasteiger partial charge is 0.411 e. The standard InChI is InChI=1S/C26H24F4N4O3/c1-13-8-14(27)9-19-22(13)37-20-12-32(4)7-6-15(20)17-11-33(5)24(36)21-16(17)10-18(31-21)23(35)34(19)25(2,3)26(28,29)30/h6-11,31H,12H2,1-5H3. The Bertz CT molecular complexity index is 1590. The van der Waals surface area contributed by atoms with Crippen molar-refractivity contribution < 1.29 is 27.1 Å². The summed E-state index contributed by atoms with van der Waals surface area (Å²) >= 11 is 0. The number of aromatic amines is 1. The van der Waals surface area contributed by atoms with Crippen molar-refractivity contribution in [2.75, 3.05) is 18.5 Å². The number of ether oxygens (including phenoxy) is 1. The first-order chi connectivity index (χ1) is 17.2. The molecule has 5 rings (SSSR count). The Morgan fingerprint density at radius 2 is 1.78 bits per heavy atom. The average Bonchev–Trinajstić information content (AvgIpc) is 3.23. The van der Waals surface area contributed by atoms with Crippen molar-refractivity contribution in [2.45, 2.75) is 32.5 Å². The Labute approximate surface area is 209 Å². The molecule has 0 saturated heterocycles. The van der Waals surface area contributed by atoms with Crippen LogP contribution in [0.15, 0.2) is 47.2 Å². The van der Waals surface area contributed by atoms with Gasteiger partial charge in [-0.3, -0.25) is 14.5 Å². The molecule has 0 spiro atoms. The molecule has 4 heterocycles. The number of hydrogen-bond donors (Lipinski definition) is 1. The zero-order valence-corrected chi connectivity index (χ0v) is 20.7. The minimum absolute atomic E-state index is 0.0588. The maximum absolute atomic E-state index is 14.7. The largest absolute Gasteiger partial charge is 0.457 e. The van der Waals surface area contributed by atoms with E-state index in [1.807, 2.05) is 0 Å². The highest BCUT2D eigenvalue weighted by molar-refractivity contribution is 6.10. The summed E-state index contributed by atoms with van der Waals surface area (Å²) in [6.07, 6.45) is 0.260. The highest BCUT2D eigenvalue weighted by Gasteiger charge is 2.55. The number of nitrogens with one attached hydrogen (secondary N) is 1. The van der Waals surface area contributed by atoms with Crippen LogP contribution in [0.25, 0.3) is 16.5 Å². The summed E-state index contributed by atoms with van der Waals surface area (Å²) in [7, 11) is 3.33. The third-order valence-corrected chi connectivity index (χ3v) is 6.82. The van der Waals surface area contributed by atoms with E-state index in [1.54, 1.807) is 37.5 Å². The summed E-state index contributed by atoms with van der Waals surface area (Å²) in [5, 5.41) is 0.357. The second-order valence-electron chi connectivity index (χ2n) is 9.87. The first kappa shape index (κ1) is 24.7. The molecule has 0 atom stereocenters. The number of hydrogen-bond acceptors (Lipinski definition) is 4. The molecule has 0 saturated carbocycles. The Balaban J connectivity index is 1.95. The van der Waals surface area contributed by atoms with Crippen LogP contribution in [-0.2, 0) is 7.05 Å². The molecule has 0 unspecified atom stereocenters. The van der Waals surface area contributed by atoms with Crippen molar-refractivity contribution >= 4 is 28.1 Å². The zero-order valence-electron chi connectivity index (χ0n) is 20.7. The number of carbonyl (C=O) groups excluding carboxylic acids is 1. The van der Waals surface area contributed by atoms with Gasteiger partial charge in [-0.2, -0.15) is 13.2 Å². The molecule has 1 N–H and O–H groups in total. The van der Waals surface area contributed by atoms with E-state index in [-0.39, 0.29) is 34.8 Å². The molecule has 2 aliphatic heterocycles. The summed E-state index contributed by atoms with van der Waals surface area (Å²) in [6.45, 7) is 3.41. The molecule has 1 amide bonds. The maximum atomic E-state index is 14.7. The van der Waals surface area contributed by atoms with Gasteiger partial charge in [-0.15, -0.1) is 0 Å². The predicted octanol–water partition coefficient (Wildman–Crippen LogP) is 4.86. The first-order valence-electron chi connectivity index (χ1n) is 11.4. The highest BCUT2D eigenvalue weighted by atomic mass is 19.4. The number of fused-ring (bicyclic) bond motifs is 3. The van der Waals surface area contributed by atoms with Crippen LogP contribution in [0.5, 0.6) is 5.75 Å². The third kappa shape index (κ3) is 3.71. The molecule has 194 valence electrons. The van der Waals surface area contributed by atoms with Crippen LogP contribution in [0.3, 0.4) is 0 Å². The number of carbonyl (C=O) groups is 1. The SMILES string of the molecule is Cc1cc(F)cc2c1OC1=C(C=CN(C)C1)c1cn(C)c(=O)c3[nH]c(cc13)C(=O)N2C(C)(C)C(F)(F)F. The molecule has 37 heavy (non-hydrogen) atoms. The lowest BCUT2D eigenvalue weighted by molar-refractivity contribution is -0.174. The van der Waals surface area contributed by atoms with E-state index in [1.165, 1.54) is 17.6 Å². The van der Waals surface area contributed by atoms with Crippen molar-refractivity contribution in [3.63, 3.8) is 0 Å². The Morgan fingerprint density at radius 3 is 2.46 bits per heavy atom.